The number of furan rings is 1. The number of rotatable bonds is 5. The van der Waals surface area contributed by atoms with Gasteiger partial charge in [-0.15, -0.1) is 0 Å². The average Bonchev–Trinajstić information content (AvgIpc) is 3.14. The number of carbonyl (C=O) groups excluding carboxylic acids is 3. The van der Waals surface area contributed by atoms with E-state index in [4.69, 9.17) is 4.42 Å². The summed E-state index contributed by atoms with van der Waals surface area (Å²) in [5.74, 6) is 0.312. The Hall–Kier alpha value is -2.35. The zero-order chi connectivity index (χ0) is 17.2. The van der Waals surface area contributed by atoms with Crippen LogP contribution in [0.4, 0.5) is 4.79 Å². The van der Waals surface area contributed by atoms with Crippen LogP contribution in [0.1, 0.15) is 25.5 Å². The monoisotopic (exact) mass is 334 g/mol. The molecule has 2 atom stereocenters. The maximum absolute atomic E-state index is 12.1. The van der Waals surface area contributed by atoms with Gasteiger partial charge in [-0.2, -0.15) is 0 Å². The molecule has 0 aromatic carbocycles. The molecular formula is C16H22N4O4. The molecule has 24 heavy (non-hydrogen) atoms. The van der Waals surface area contributed by atoms with Crippen molar-refractivity contribution < 1.29 is 18.8 Å². The molecule has 2 saturated heterocycles. The van der Waals surface area contributed by atoms with Crippen LogP contribution in [0.15, 0.2) is 22.8 Å². The highest BCUT2D eigenvalue weighted by Crippen LogP contribution is 2.29. The van der Waals surface area contributed by atoms with Crippen molar-refractivity contribution in [3.63, 3.8) is 0 Å². The van der Waals surface area contributed by atoms with Gasteiger partial charge in [0.15, 0.2) is 0 Å². The fourth-order valence-corrected chi connectivity index (χ4v) is 3.37. The summed E-state index contributed by atoms with van der Waals surface area (Å²) in [6.45, 7) is 3.77. The van der Waals surface area contributed by atoms with Crippen LogP contribution in [0.25, 0.3) is 0 Å². The number of imide groups is 1. The van der Waals surface area contributed by atoms with Crippen LogP contribution in [-0.4, -0.2) is 47.9 Å². The second-order valence-corrected chi connectivity index (χ2v) is 6.54. The Morgan fingerprint density at radius 1 is 1.50 bits per heavy atom. The highest BCUT2D eigenvalue weighted by atomic mass is 16.3. The molecule has 0 radical (unpaired) electrons. The summed E-state index contributed by atoms with van der Waals surface area (Å²) in [5.41, 5.74) is -0.902. The predicted molar refractivity (Wildman–Crippen MR) is 84.8 cm³/mol. The Morgan fingerprint density at radius 3 is 3.00 bits per heavy atom. The second-order valence-electron chi connectivity index (χ2n) is 6.54. The predicted octanol–water partition coefficient (Wildman–Crippen LogP) is 0.206. The van der Waals surface area contributed by atoms with Gasteiger partial charge in [0.1, 0.15) is 11.3 Å². The van der Waals surface area contributed by atoms with Gasteiger partial charge in [0.25, 0.3) is 5.91 Å². The minimum absolute atomic E-state index is 0.0180. The third kappa shape index (κ3) is 3.43. The van der Waals surface area contributed by atoms with Gasteiger partial charge in [0.2, 0.25) is 5.91 Å². The molecule has 8 heteroatoms. The first-order chi connectivity index (χ1) is 11.5. The summed E-state index contributed by atoms with van der Waals surface area (Å²) >= 11 is 0. The molecule has 4 amide bonds. The number of nitrogens with zero attached hydrogens (tertiary/aromatic N) is 1. The van der Waals surface area contributed by atoms with E-state index in [1.54, 1.807) is 25.3 Å². The Balaban J connectivity index is 1.53. The largest absolute Gasteiger partial charge is 0.467 e. The first-order valence-corrected chi connectivity index (χ1v) is 8.12. The topological polar surface area (TPSA) is 104 Å². The summed E-state index contributed by atoms with van der Waals surface area (Å²) in [4.78, 5) is 37.6. The fourth-order valence-electron chi connectivity index (χ4n) is 3.37. The molecule has 1 aromatic rings. The second kappa shape index (κ2) is 6.64. The number of likely N-dealkylation sites (tertiary alicyclic amines) is 1. The molecule has 0 aliphatic carbocycles. The van der Waals surface area contributed by atoms with E-state index < -0.39 is 11.6 Å². The molecule has 2 aliphatic rings. The van der Waals surface area contributed by atoms with E-state index in [0.29, 0.717) is 18.8 Å². The van der Waals surface area contributed by atoms with E-state index in [2.05, 4.69) is 16.0 Å². The van der Waals surface area contributed by atoms with Gasteiger partial charge in [0, 0.05) is 12.5 Å². The Morgan fingerprint density at radius 2 is 2.33 bits per heavy atom. The summed E-state index contributed by atoms with van der Waals surface area (Å²) in [6, 6.07) is 3.13. The molecule has 2 fully saturated rings. The SMILES string of the molecule is C[C@@]1([C@H]2CCCN(CC(=O)NCc3ccco3)C2)NC(=O)NC1=O. The fraction of sp³-hybridized carbons (Fsp3) is 0.562. The minimum atomic E-state index is -0.902. The summed E-state index contributed by atoms with van der Waals surface area (Å²) < 4.78 is 5.18. The zero-order valence-electron chi connectivity index (χ0n) is 13.6. The zero-order valence-corrected chi connectivity index (χ0v) is 13.6. The lowest BCUT2D eigenvalue weighted by Crippen LogP contribution is -2.56. The molecule has 0 bridgehead atoms. The average molecular weight is 334 g/mol. The van der Waals surface area contributed by atoms with Crippen molar-refractivity contribution in [2.45, 2.75) is 31.8 Å². The van der Waals surface area contributed by atoms with Crippen molar-refractivity contribution in [1.82, 2.24) is 20.9 Å². The lowest BCUT2D eigenvalue weighted by molar-refractivity contribution is -0.126. The highest BCUT2D eigenvalue weighted by molar-refractivity contribution is 6.07. The molecular weight excluding hydrogens is 312 g/mol. The van der Waals surface area contributed by atoms with Crippen LogP contribution >= 0.6 is 0 Å². The van der Waals surface area contributed by atoms with Gasteiger partial charge >= 0.3 is 6.03 Å². The molecule has 1 aromatic heterocycles. The standard InChI is InChI=1S/C16H22N4O4/c1-16(14(22)18-15(23)19-16)11-4-2-6-20(9-11)10-13(21)17-8-12-5-3-7-24-12/h3,5,7,11H,2,4,6,8-10H2,1H3,(H,17,21)(H2,18,19,22,23)/t11-,16-/m0/s1. The summed E-state index contributed by atoms with van der Waals surface area (Å²) in [6.07, 6.45) is 3.29. The molecule has 8 nitrogen and oxygen atoms in total. The maximum Gasteiger partial charge on any atom is 0.322 e. The maximum atomic E-state index is 12.1. The van der Waals surface area contributed by atoms with Crippen molar-refractivity contribution in [2.75, 3.05) is 19.6 Å². The molecule has 0 spiro atoms. The lowest BCUT2D eigenvalue weighted by Gasteiger charge is -2.39. The number of carbonyl (C=O) groups is 3. The summed E-state index contributed by atoms with van der Waals surface area (Å²) in [5, 5.41) is 7.85. The van der Waals surface area contributed by atoms with Gasteiger partial charge in [-0.1, -0.05) is 0 Å². The van der Waals surface area contributed by atoms with Crippen molar-refractivity contribution in [3.05, 3.63) is 24.2 Å². The van der Waals surface area contributed by atoms with E-state index in [1.165, 1.54) is 0 Å². The van der Waals surface area contributed by atoms with E-state index in [0.717, 1.165) is 19.4 Å². The van der Waals surface area contributed by atoms with E-state index >= 15 is 0 Å². The minimum Gasteiger partial charge on any atom is -0.467 e. The quantitative estimate of drug-likeness (QED) is 0.668. The van der Waals surface area contributed by atoms with E-state index in [9.17, 15) is 14.4 Å². The van der Waals surface area contributed by atoms with Crippen molar-refractivity contribution in [2.24, 2.45) is 5.92 Å². The smallest absolute Gasteiger partial charge is 0.322 e. The number of urea groups is 1. The van der Waals surface area contributed by atoms with Crippen LogP contribution in [0.5, 0.6) is 0 Å². The van der Waals surface area contributed by atoms with Crippen molar-refractivity contribution in [3.8, 4) is 0 Å². The lowest BCUT2D eigenvalue weighted by atomic mass is 9.80. The van der Waals surface area contributed by atoms with Crippen LogP contribution in [0.2, 0.25) is 0 Å². The third-order valence-electron chi connectivity index (χ3n) is 4.80. The van der Waals surface area contributed by atoms with Crippen LogP contribution in [-0.2, 0) is 16.1 Å². The van der Waals surface area contributed by atoms with Crippen molar-refractivity contribution in [1.29, 1.82) is 0 Å². The number of nitrogens with one attached hydrogen (secondary N) is 3. The van der Waals surface area contributed by atoms with Crippen LogP contribution in [0.3, 0.4) is 0 Å². The van der Waals surface area contributed by atoms with Crippen LogP contribution in [0, 0.1) is 5.92 Å². The Kier molecular flexibility index (Phi) is 4.57. The summed E-state index contributed by atoms with van der Waals surface area (Å²) in [7, 11) is 0. The number of piperidine rings is 1. The number of amides is 4. The van der Waals surface area contributed by atoms with Gasteiger partial charge < -0.3 is 15.1 Å². The molecule has 0 unspecified atom stereocenters. The third-order valence-corrected chi connectivity index (χ3v) is 4.80. The molecule has 3 N–H and O–H groups in total. The first kappa shape index (κ1) is 16.5. The number of hydrogen-bond donors (Lipinski definition) is 3. The molecule has 3 rings (SSSR count). The van der Waals surface area contributed by atoms with Gasteiger partial charge in [-0.3, -0.25) is 19.8 Å². The number of hydrogen-bond acceptors (Lipinski definition) is 5. The van der Waals surface area contributed by atoms with Gasteiger partial charge in [0.05, 0.1) is 19.4 Å². The molecule has 2 aliphatic heterocycles. The van der Waals surface area contributed by atoms with Gasteiger partial charge in [-0.25, -0.2) is 4.79 Å². The molecule has 130 valence electrons. The Labute approximate surface area is 139 Å². The van der Waals surface area contributed by atoms with E-state index in [-0.39, 0.29) is 24.3 Å². The van der Waals surface area contributed by atoms with E-state index in [1.807, 2.05) is 4.90 Å². The van der Waals surface area contributed by atoms with Gasteiger partial charge in [-0.05, 0) is 38.4 Å². The highest BCUT2D eigenvalue weighted by Gasteiger charge is 2.48. The molecule has 3 heterocycles. The Bertz CT molecular complexity index is 630. The van der Waals surface area contributed by atoms with Crippen molar-refractivity contribution >= 4 is 17.8 Å². The molecule has 0 saturated carbocycles. The van der Waals surface area contributed by atoms with Crippen LogP contribution < -0.4 is 16.0 Å². The normalized spacial score (nSPS) is 27.6. The first-order valence-electron chi connectivity index (χ1n) is 8.12.